The van der Waals surface area contributed by atoms with Crippen molar-refractivity contribution >= 4 is 5.91 Å². The Morgan fingerprint density at radius 3 is 2.91 bits per heavy atom. The van der Waals surface area contributed by atoms with E-state index in [1.807, 2.05) is 0 Å². The monoisotopic (exact) mass is 323 g/mol. The summed E-state index contributed by atoms with van der Waals surface area (Å²) in [6, 6.07) is 0. The van der Waals surface area contributed by atoms with E-state index in [2.05, 4.69) is 17.1 Å². The van der Waals surface area contributed by atoms with E-state index < -0.39 is 0 Å². The van der Waals surface area contributed by atoms with Gasteiger partial charge in [-0.3, -0.25) is 4.79 Å². The first-order valence-corrected chi connectivity index (χ1v) is 8.44. The number of nitrogens with zero attached hydrogens (tertiary/aromatic N) is 3. The van der Waals surface area contributed by atoms with Crippen LogP contribution in [0.2, 0.25) is 0 Å². The molecule has 1 aliphatic carbocycles. The van der Waals surface area contributed by atoms with E-state index in [-0.39, 0.29) is 24.7 Å². The van der Waals surface area contributed by atoms with Crippen molar-refractivity contribution in [1.29, 1.82) is 0 Å². The topological polar surface area (TPSA) is 77.7 Å². The van der Waals surface area contributed by atoms with Gasteiger partial charge >= 0.3 is 0 Å². The van der Waals surface area contributed by atoms with Gasteiger partial charge in [-0.15, -0.1) is 10.2 Å². The van der Waals surface area contributed by atoms with Gasteiger partial charge in [0.2, 0.25) is 17.7 Å². The second kappa shape index (κ2) is 7.40. The molecule has 1 aromatic rings. The van der Waals surface area contributed by atoms with Crippen molar-refractivity contribution in [2.45, 2.75) is 51.7 Å². The molecule has 7 heteroatoms. The largest absolute Gasteiger partial charge is 0.423 e. The Bertz CT molecular complexity index is 533. The van der Waals surface area contributed by atoms with Crippen LogP contribution in [0.4, 0.5) is 0 Å². The standard InChI is InChI=1S/C16H25N3O4/c1-11-5-3-4-6-13(11)22-10-15(20)19-7-8-21-14(9-19)16-18-17-12(2)23-16/h11,13-14H,3-10H2,1-2H3/t11-,13+,14+/m1/s1. The molecule has 1 saturated carbocycles. The summed E-state index contributed by atoms with van der Waals surface area (Å²) in [6.45, 7) is 5.57. The van der Waals surface area contributed by atoms with Gasteiger partial charge in [-0.05, 0) is 18.8 Å². The third-order valence-corrected chi connectivity index (χ3v) is 4.69. The summed E-state index contributed by atoms with van der Waals surface area (Å²) in [7, 11) is 0. The van der Waals surface area contributed by atoms with Crippen molar-refractivity contribution in [2.75, 3.05) is 26.3 Å². The third-order valence-electron chi connectivity index (χ3n) is 4.69. The first-order valence-electron chi connectivity index (χ1n) is 8.44. The molecule has 23 heavy (non-hydrogen) atoms. The van der Waals surface area contributed by atoms with Gasteiger partial charge < -0.3 is 18.8 Å². The first-order chi connectivity index (χ1) is 11.1. The van der Waals surface area contributed by atoms with E-state index in [1.165, 1.54) is 19.3 Å². The number of rotatable bonds is 4. The van der Waals surface area contributed by atoms with E-state index in [4.69, 9.17) is 13.9 Å². The molecule has 0 aromatic carbocycles. The van der Waals surface area contributed by atoms with Crippen molar-refractivity contribution in [3.63, 3.8) is 0 Å². The lowest BCUT2D eigenvalue weighted by molar-refractivity contribution is -0.148. The SMILES string of the molecule is Cc1nnc([C@@H]2CN(C(=O)CO[C@H]3CCCC[C@H]3C)CCO2)o1. The maximum Gasteiger partial charge on any atom is 0.248 e. The number of carbonyl (C=O) groups is 1. The van der Waals surface area contributed by atoms with Gasteiger partial charge in [0.15, 0.2) is 6.10 Å². The molecule has 1 aliphatic heterocycles. The summed E-state index contributed by atoms with van der Waals surface area (Å²) >= 11 is 0. The molecule has 3 atom stereocenters. The fourth-order valence-corrected chi connectivity index (χ4v) is 3.27. The van der Waals surface area contributed by atoms with Gasteiger partial charge in [0.05, 0.1) is 19.3 Å². The molecule has 7 nitrogen and oxygen atoms in total. The highest BCUT2D eigenvalue weighted by molar-refractivity contribution is 5.77. The Balaban J connectivity index is 1.50. The molecular weight excluding hydrogens is 298 g/mol. The predicted molar refractivity (Wildman–Crippen MR) is 81.7 cm³/mol. The molecule has 0 N–H and O–H groups in total. The smallest absolute Gasteiger partial charge is 0.248 e. The van der Waals surface area contributed by atoms with Gasteiger partial charge in [-0.25, -0.2) is 0 Å². The summed E-state index contributed by atoms with van der Waals surface area (Å²) in [6.07, 6.45) is 4.57. The Kier molecular flexibility index (Phi) is 5.27. The van der Waals surface area contributed by atoms with Gasteiger partial charge in [0, 0.05) is 13.5 Å². The Morgan fingerprint density at radius 1 is 1.35 bits per heavy atom. The van der Waals surface area contributed by atoms with Gasteiger partial charge in [-0.1, -0.05) is 19.8 Å². The molecular formula is C16H25N3O4. The number of amides is 1. The number of ether oxygens (including phenoxy) is 2. The number of hydrogen-bond donors (Lipinski definition) is 0. The molecule has 0 spiro atoms. The van der Waals surface area contributed by atoms with Crippen molar-refractivity contribution in [3.05, 3.63) is 11.8 Å². The molecule has 1 saturated heterocycles. The highest BCUT2D eigenvalue weighted by atomic mass is 16.5. The van der Waals surface area contributed by atoms with Crippen LogP contribution in [0.25, 0.3) is 0 Å². The molecule has 0 unspecified atom stereocenters. The lowest BCUT2D eigenvalue weighted by Gasteiger charge is -2.33. The van der Waals surface area contributed by atoms with Crippen LogP contribution in [0.5, 0.6) is 0 Å². The van der Waals surface area contributed by atoms with Gasteiger partial charge in [0.1, 0.15) is 6.61 Å². The molecule has 1 aromatic heterocycles. The zero-order valence-electron chi connectivity index (χ0n) is 13.9. The van der Waals surface area contributed by atoms with Crippen LogP contribution in [0, 0.1) is 12.8 Å². The highest BCUT2D eigenvalue weighted by Gasteiger charge is 2.30. The third kappa shape index (κ3) is 4.09. The average molecular weight is 323 g/mol. The maximum absolute atomic E-state index is 12.4. The molecule has 3 rings (SSSR count). The normalized spacial score (nSPS) is 28.8. The average Bonchev–Trinajstić information content (AvgIpc) is 3.00. The Hall–Kier alpha value is -1.47. The molecule has 0 radical (unpaired) electrons. The van der Waals surface area contributed by atoms with Crippen LogP contribution in [0.1, 0.15) is 50.5 Å². The zero-order chi connectivity index (χ0) is 16.2. The van der Waals surface area contributed by atoms with E-state index in [0.29, 0.717) is 37.4 Å². The number of aromatic nitrogens is 2. The van der Waals surface area contributed by atoms with Crippen LogP contribution in [-0.2, 0) is 14.3 Å². The summed E-state index contributed by atoms with van der Waals surface area (Å²) in [4.78, 5) is 14.2. The number of morpholine rings is 1. The van der Waals surface area contributed by atoms with Crippen LogP contribution >= 0.6 is 0 Å². The minimum absolute atomic E-state index is 0.00677. The van der Waals surface area contributed by atoms with Gasteiger partial charge in [-0.2, -0.15) is 0 Å². The first kappa shape index (κ1) is 16.4. The van der Waals surface area contributed by atoms with Crippen LogP contribution < -0.4 is 0 Å². The molecule has 2 heterocycles. The molecule has 128 valence electrons. The summed E-state index contributed by atoms with van der Waals surface area (Å²) in [5, 5.41) is 7.79. The predicted octanol–water partition coefficient (Wildman–Crippen LogP) is 1.87. The van der Waals surface area contributed by atoms with Crippen molar-refractivity contribution in [1.82, 2.24) is 15.1 Å². The fraction of sp³-hybridized carbons (Fsp3) is 0.812. The zero-order valence-corrected chi connectivity index (χ0v) is 13.9. The van der Waals surface area contributed by atoms with Crippen LogP contribution in [0.15, 0.2) is 4.42 Å². The molecule has 2 fully saturated rings. The molecule has 0 bridgehead atoms. The lowest BCUT2D eigenvalue weighted by Crippen LogP contribution is -2.44. The van der Waals surface area contributed by atoms with Crippen molar-refractivity contribution < 1.29 is 18.7 Å². The fourth-order valence-electron chi connectivity index (χ4n) is 3.27. The molecule has 2 aliphatic rings. The summed E-state index contributed by atoms with van der Waals surface area (Å²) < 4.78 is 16.9. The quantitative estimate of drug-likeness (QED) is 0.842. The van der Waals surface area contributed by atoms with E-state index in [9.17, 15) is 4.79 Å². The Labute approximate surface area is 136 Å². The number of hydrogen-bond acceptors (Lipinski definition) is 6. The second-order valence-electron chi connectivity index (χ2n) is 6.47. The van der Waals surface area contributed by atoms with Crippen LogP contribution in [0.3, 0.4) is 0 Å². The van der Waals surface area contributed by atoms with Crippen molar-refractivity contribution in [3.8, 4) is 0 Å². The summed E-state index contributed by atoms with van der Waals surface area (Å²) in [5.41, 5.74) is 0. The van der Waals surface area contributed by atoms with E-state index in [1.54, 1.807) is 11.8 Å². The minimum atomic E-state index is -0.345. The molecule has 1 amide bonds. The van der Waals surface area contributed by atoms with Crippen LogP contribution in [-0.4, -0.2) is 53.4 Å². The van der Waals surface area contributed by atoms with E-state index >= 15 is 0 Å². The summed E-state index contributed by atoms with van der Waals surface area (Å²) in [5.74, 6) is 1.48. The maximum atomic E-state index is 12.4. The Morgan fingerprint density at radius 2 is 2.17 bits per heavy atom. The lowest BCUT2D eigenvalue weighted by atomic mass is 9.88. The van der Waals surface area contributed by atoms with Crippen molar-refractivity contribution in [2.24, 2.45) is 5.92 Å². The second-order valence-corrected chi connectivity index (χ2v) is 6.47. The minimum Gasteiger partial charge on any atom is -0.423 e. The highest BCUT2D eigenvalue weighted by Crippen LogP contribution is 2.26. The van der Waals surface area contributed by atoms with Gasteiger partial charge in [0.25, 0.3) is 0 Å². The number of carbonyl (C=O) groups excluding carboxylic acids is 1. The number of aryl methyl sites for hydroxylation is 1. The van der Waals surface area contributed by atoms with E-state index in [0.717, 1.165) is 6.42 Å².